The monoisotopic (exact) mass is 393 g/mol. The first kappa shape index (κ1) is 19.0. The molecule has 7 nitrogen and oxygen atoms in total. The van der Waals surface area contributed by atoms with Gasteiger partial charge in [0.05, 0.1) is 19.8 Å². The van der Waals surface area contributed by atoms with E-state index in [-0.39, 0.29) is 11.8 Å². The summed E-state index contributed by atoms with van der Waals surface area (Å²) in [4.78, 5) is 11.7. The van der Waals surface area contributed by atoms with Gasteiger partial charge >= 0.3 is 5.97 Å². The Morgan fingerprint density at radius 2 is 1.72 bits per heavy atom. The molecule has 0 spiro atoms. The normalized spacial score (nSPS) is 14.1. The highest BCUT2D eigenvalue weighted by Gasteiger charge is 2.21. The fraction of sp³-hybridized carbons (Fsp3) is 0.318. The third-order valence-electron chi connectivity index (χ3n) is 5.16. The van der Waals surface area contributed by atoms with E-state index < -0.39 is 5.97 Å². The molecule has 1 aromatic heterocycles. The lowest BCUT2D eigenvalue weighted by atomic mass is 10.1. The number of ether oxygens (including phenoxy) is 2. The van der Waals surface area contributed by atoms with E-state index in [1.165, 1.54) is 12.8 Å². The molecule has 0 bridgehead atoms. The summed E-state index contributed by atoms with van der Waals surface area (Å²) in [5, 5.41) is 17.5. The van der Waals surface area contributed by atoms with Crippen molar-refractivity contribution in [3.05, 3.63) is 59.8 Å². The van der Waals surface area contributed by atoms with Crippen LogP contribution < -0.4 is 9.47 Å². The molecule has 2 aromatic carbocycles. The second kappa shape index (κ2) is 8.34. The van der Waals surface area contributed by atoms with Crippen LogP contribution in [0.1, 0.15) is 41.7 Å². The predicted octanol–water partition coefficient (Wildman–Crippen LogP) is 4.02. The molecule has 1 heterocycles. The molecule has 1 saturated carbocycles. The Kier molecular flexibility index (Phi) is 5.46. The molecule has 1 N–H and O–H groups in total. The largest absolute Gasteiger partial charge is 0.497 e. The topological polar surface area (TPSA) is 86.5 Å². The summed E-state index contributed by atoms with van der Waals surface area (Å²) in [6, 6.07) is 15.0. The quantitative estimate of drug-likeness (QED) is 0.652. The summed E-state index contributed by atoms with van der Waals surface area (Å²) in [6.45, 7) is 0.403. The Hall–Kier alpha value is -3.35. The van der Waals surface area contributed by atoms with E-state index in [0.717, 1.165) is 35.5 Å². The predicted molar refractivity (Wildman–Crippen MR) is 107 cm³/mol. The van der Waals surface area contributed by atoms with E-state index in [2.05, 4.69) is 10.3 Å². The molecule has 0 aliphatic heterocycles. The SMILES string of the molecule is COc1ccc(Cn2nnc(C(=O)O)c2-c2ccc(OC3CCCC3)cc2)cc1. The third kappa shape index (κ3) is 4.23. The number of hydrogen-bond acceptors (Lipinski definition) is 5. The molecule has 4 rings (SSSR count). The Balaban J connectivity index is 1.60. The zero-order valence-corrected chi connectivity index (χ0v) is 16.2. The second-order valence-electron chi connectivity index (χ2n) is 7.15. The minimum atomic E-state index is -1.10. The van der Waals surface area contributed by atoms with Crippen molar-refractivity contribution >= 4 is 5.97 Å². The summed E-state index contributed by atoms with van der Waals surface area (Å²) in [5.74, 6) is 0.454. The second-order valence-corrected chi connectivity index (χ2v) is 7.15. The average molecular weight is 393 g/mol. The van der Waals surface area contributed by atoms with Gasteiger partial charge in [0, 0.05) is 5.56 Å². The van der Waals surface area contributed by atoms with Crippen LogP contribution in [0.25, 0.3) is 11.3 Å². The van der Waals surface area contributed by atoms with Crippen molar-refractivity contribution in [3.63, 3.8) is 0 Å². The highest BCUT2D eigenvalue weighted by Crippen LogP contribution is 2.28. The van der Waals surface area contributed by atoms with Crippen LogP contribution in [-0.4, -0.2) is 39.3 Å². The van der Waals surface area contributed by atoms with Gasteiger partial charge < -0.3 is 14.6 Å². The third-order valence-corrected chi connectivity index (χ3v) is 5.16. The van der Waals surface area contributed by atoms with Crippen molar-refractivity contribution in [2.24, 2.45) is 0 Å². The first-order valence-electron chi connectivity index (χ1n) is 9.71. The molecule has 29 heavy (non-hydrogen) atoms. The smallest absolute Gasteiger partial charge is 0.358 e. The van der Waals surface area contributed by atoms with Gasteiger partial charge in [-0.2, -0.15) is 0 Å². The zero-order chi connectivity index (χ0) is 20.2. The average Bonchev–Trinajstić information content (AvgIpc) is 3.39. The molecular weight excluding hydrogens is 370 g/mol. The Morgan fingerprint density at radius 1 is 1.07 bits per heavy atom. The summed E-state index contributed by atoms with van der Waals surface area (Å²) < 4.78 is 12.8. The number of hydrogen-bond donors (Lipinski definition) is 1. The number of carboxylic acids is 1. The van der Waals surface area contributed by atoms with Crippen LogP contribution in [0.2, 0.25) is 0 Å². The van der Waals surface area contributed by atoms with Gasteiger partial charge in [0.25, 0.3) is 0 Å². The number of methoxy groups -OCH3 is 1. The van der Waals surface area contributed by atoms with Crippen molar-refractivity contribution in [2.75, 3.05) is 7.11 Å². The zero-order valence-electron chi connectivity index (χ0n) is 16.2. The maximum absolute atomic E-state index is 11.7. The van der Waals surface area contributed by atoms with E-state index in [9.17, 15) is 9.90 Å². The minimum Gasteiger partial charge on any atom is -0.497 e. The number of carboxylic acid groups (broad SMARTS) is 1. The molecule has 0 amide bonds. The van der Waals surface area contributed by atoms with Gasteiger partial charge in [0.15, 0.2) is 5.69 Å². The van der Waals surface area contributed by atoms with Gasteiger partial charge in [-0.3, -0.25) is 0 Å². The van der Waals surface area contributed by atoms with Crippen molar-refractivity contribution in [2.45, 2.75) is 38.3 Å². The van der Waals surface area contributed by atoms with Crippen LogP contribution >= 0.6 is 0 Å². The fourth-order valence-electron chi connectivity index (χ4n) is 3.65. The van der Waals surface area contributed by atoms with Crippen LogP contribution in [0.4, 0.5) is 0 Å². The van der Waals surface area contributed by atoms with E-state index in [1.54, 1.807) is 11.8 Å². The highest BCUT2D eigenvalue weighted by molar-refractivity contribution is 5.92. The standard InChI is InChI=1S/C22H23N3O4/c1-28-17-10-6-15(7-11-17)14-25-21(20(22(26)27)23-24-25)16-8-12-19(13-9-16)29-18-4-2-3-5-18/h6-13,18H,2-5,14H2,1H3,(H,26,27). The molecule has 0 atom stereocenters. The van der Waals surface area contributed by atoms with Crippen LogP contribution in [0.3, 0.4) is 0 Å². The maximum atomic E-state index is 11.7. The highest BCUT2D eigenvalue weighted by atomic mass is 16.5. The van der Waals surface area contributed by atoms with E-state index >= 15 is 0 Å². The molecule has 3 aromatic rings. The van der Waals surface area contributed by atoms with Gasteiger partial charge in [0.2, 0.25) is 0 Å². The number of carbonyl (C=O) groups is 1. The number of rotatable bonds is 7. The van der Waals surface area contributed by atoms with Crippen molar-refractivity contribution < 1.29 is 19.4 Å². The first-order chi connectivity index (χ1) is 14.1. The van der Waals surface area contributed by atoms with Gasteiger partial charge in [-0.05, 0) is 67.6 Å². The van der Waals surface area contributed by atoms with Gasteiger partial charge in [-0.15, -0.1) is 5.10 Å². The van der Waals surface area contributed by atoms with E-state index in [1.807, 2.05) is 48.5 Å². The van der Waals surface area contributed by atoms with Crippen LogP contribution in [0.15, 0.2) is 48.5 Å². The molecule has 7 heteroatoms. The first-order valence-corrected chi connectivity index (χ1v) is 9.71. The van der Waals surface area contributed by atoms with E-state index in [4.69, 9.17) is 9.47 Å². The van der Waals surface area contributed by atoms with Crippen molar-refractivity contribution in [1.82, 2.24) is 15.0 Å². The van der Waals surface area contributed by atoms with Crippen molar-refractivity contribution in [1.29, 1.82) is 0 Å². The van der Waals surface area contributed by atoms with E-state index in [0.29, 0.717) is 12.2 Å². The Labute approximate surface area is 168 Å². The van der Waals surface area contributed by atoms with Crippen LogP contribution in [-0.2, 0) is 6.54 Å². The lowest BCUT2D eigenvalue weighted by Gasteiger charge is -2.13. The maximum Gasteiger partial charge on any atom is 0.358 e. The Bertz CT molecular complexity index is 974. The molecule has 1 fully saturated rings. The lowest BCUT2D eigenvalue weighted by Crippen LogP contribution is -2.10. The Morgan fingerprint density at radius 3 is 2.34 bits per heavy atom. The number of nitrogens with zero attached hydrogens (tertiary/aromatic N) is 3. The number of aromatic carboxylic acids is 1. The number of benzene rings is 2. The fourth-order valence-corrected chi connectivity index (χ4v) is 3.65. The molecule has 0 radical (unpaired) electrons. The van der Waals surface area contributed by atoms with Crippen LogP contribution in [0, 0.1) is 0 Å². The summed E-state index contributed by atoms with van der Waals surface area (Å²) in [5.41, 5.74) is 2.11. The van der Waals surface area contributed by atoms with Gasteiger partial charge in [-0.25, -0.2) is 9.48 Å². The molecule has 0 saturated heterocycles. The molecular formula is C22H23N3O4. The van der Waals surface area contributed by atoms with Crippen LogP contribution in [0.5, 0.6) is 11.5 Å². The number of aromatic nitrogens is 3. The molecule has 1 aliphatic rings. The van der Waals surface area contributed by atoms with Crippen molar-refractivity contribution in [3.8, 4) is 22.8 Å². The van der Waals surface area contributed by atoms with Gasteiger partial charge in [0.1, 0.15) is 17.2 Å². The summed E-state index contributed by atoms with van der Waals surface area (Å²) in [6.07, 6.45) is 4.87. The summed E-state index contributed by atoms with van der Waals surface area (Å²) in [7, 11) is 1.61. The minimum absolute atomic E-state index is 0.0667. The summed E-state index contributed by atoms with van der Waals surface area (Å²) >= 11 is 0. The molecule has 0 unspecified atom stereocenters. The lowest BCUT2D eigenvalue weighted by molar-refractivity contribution is 0.0691. The van der Waals surface area contributed by atoms with Gasteiger partial charge in [-0.1, -0.05) is 17.3 Å². The molecule has 150 valence electrons. The molecule has 1 aliphatic carbocycles.